The summed E-state index contributed by atoms with van der Waals surface area (Å²) in [7, 11) is 0. The van der Waals surface area contributed by atoms with Crippen molar-refractivity contribution in [1.82, 2.24) is 14.8 Å². The van der Waals surface area contributed by atoms with Gasteiger partial charge in [-0.2, -0.15) is 5.10 Å². The molecular weight excluding hydrogens is 245 g/mol. The van der Waals surface area contributed by atoms with Gasteiger partial charge in [0.25, 0.3) is 0 Å². The molecule has 1 unspecified atom stereocenters. The van der Waals surface area contributed by atoms with Gasteiger partial charge < -0.3 is 5.11 Å². The largest absolute Gasteiger partial charge is 0.396 e. The van der Waals surface area contributed by atoms with Crippen molar-refractivity contribution >= 4 is 0 Å². The Morgan fingerprint density at radius 3 is 2.79 bits per heavy atom. The monoisotopic (exact) mass is 263 g/mol. The second-order valence-electron chi connectivity index (χ2n) is 4.85. The van der Waals surface area contributed by atoms with E-state index >= 15 is 0 Å². The summed E-state index contributed by atoms with van der Waals surface area (Å²) < 4.78 is 15.1. The number of halogens is 1. The van der Waals surface area contributed by atoms with Crippen molar-refractivity contribution in [3.05, 3.63) is 47.8 Å². The number of rotatable bonds is 5. The second-order valence-corrected chi connectivity index (χ2v) is 4.85. The lowest BCUT2D eigenvalue weighted by Gasteiger charge is -2.16. The van der Waals surface area contributed by atoms with Crippen molar-refractivity contribution in [2.24, 2.45) is 0 Å². The first-order valence-electron chi connectivity index (χ1n) is 6.36. The van der Waals surface area contributed by atoms with Crippen molar-refractivity contribution in [3.63, 3.8) is 0 Å². The van der Waals surface area contributed by atoms with Crippen LogP contribution >= 0.6 is 0 Å². The second kappa shape index (κ2) is 5.93. The molecule has 0 radical (unpaired) electrons. The van der Waals surface area contributed by atoms with E-state index in [1.54, 1.807) is 6.07 Å². The molecule has 5 heteroatoms. The van der Waals surface area contributed by atoms with E-state index in [2.05, 4.69) is 10.1 Å². The van der Waals surface area contributed by atoms with Crippen LogP contribution in [0.15, 0.2) is 30.6 Å². The van der Waals surface area contributed by atoms with E-state index in [0.29, 0.717) is 6.42 Å². The van der Waals surface area contributed by atoms with Crippen LogP contribution < -0.4 is 0 Å². The number of benzene rings is 1. The van der Waals surface area contributed by atoms with E-state index in [-0.39, 0.29) is 24.4 Å². The molecule has 0 fully saturated rings. The molecule has 4 nitrogen and oxygen atoms in total. The zero-order chi connectivity index (χ0) is 13.8. The molecule has 0 spiro atoms. The molecule has 19 heavy (non-hydrogen) atoms. The molecular formula is C14H18FN3O. The van der Waals surface area contributed by atoms with Crippen LogP contribution in [-0.2, 0) is 6.42 Å². The average Bonchev–Trinajstić information content (AvgIpc) is 2.84. The molecule has 1 N–H and O–H groups in total. The highest BCUT2D eigenvalue weighted by molar-refractivity contribution is 5.22. The highest BCUT2D eigenvalue weighted by atomic mass is 19.1. The molecule has 1 aromatic carbocycles. The minimum absolute atomic E-state index is 0.0472. The molecule has 0 aliphatic carbocycles. The van der Waals surface area contributed by atoms with Gasteiger partial charge in [0.05, 0.1) is 6.61 Å². The van der Waals surface area contributed by atoms with Crippen LogP contribution in [0.5, 0.6) is 0 Å². The smallest absolute Gasteiger partial charge is 0.138 e. The Morgan fingerprint density at radius 1 is 1.37 bits per heavy atom. The van der Waals surface area contributed by atoms with E-state index in [1.165, 1.54) is 18.5 Å². The van der Waals surface area contributed by atoms with E-state index in [0.717, 1.165) is 11.4 Å². The minimum atomic E-state index is -0.290. The molecule has 0 amide bonds. The summed E-state index contributed by atoms with van der Waals surface area (Å²) >= 11 is 0. The van der Waals surface area contributed by atoms with Crippen LogP contribution in [0.25, 0.3) is 0 Å². The molecule has 2 rings (SSSR count). The summed E-state index contributed by atoms with van der Waals surface area (Å²) in [5.41, 5.74) is 0.779. The lowest BCUT2D eigenvalue weighted by atomic mass is 9.96. The Balaban J connectivity index is 2.22. The number of hydrogen-bond acceptors (Lipinski definition) is 3. The van der Waals surface area contributed by atoms with Crippen LogP contribution in [0, 0.1) is 5.82 Å². The summed E-state index contributed by atoms with van der Waals surface area (Å²) in [6, 6.07) is 6.54. The summed E-state index contributed by atoms with van der Waals surface area (Å²) in [5.74, 6) is 0.344. The molecule has 1 atom stereocenters. The molecule has 0 saturated heterocycles. The molecule has 1 heterocycles. The number of aromatic nitrogens is 3. The SMILES string of the molecule is CC(C)n1ncnc1CC(CO)c1cccc(F)c1. The maximum Gasteiger partial charge on any atom is 0.138 e. The standard InChI is InChI=1S/C14H18FN3O/c1-10(2)18-14(16-9-17-18)7-12(8-19)11-4-3-5-13(15)6-11/h3-6,9-10,12,19H,7-8H2,1-2H3. The third kappa shape index (κ3) is 3.17. The topological polar surface area (TPSA) is 50.9 Å². The highest BCUT2D eigenvalue weighted by Gasteiger charge is 2.16. The van der Waals surface area contributed by atoms with E-state index < -0.39 is 0 Å². The van der Waals surface area contributed by atoms with Crippen molar-refractivity contribution in [1.29, 1.82) is 0 Å². The van der Waals surface area contributed by atoms with E-state index in [4.69, 9.17) is 0 Å². The first kappa shape index (κ1) is 13.7. The fraction of sp³-hybridized carbons (Fsp3) is 0.429. The fourth-order valence-electron chi connectivity index (χ4n) is 2.12. The van der Waals surface area contributed by atoms with Gasteiger partial charge in [-0.15, -0.1) is 0 Å². The number of aliphatic hydroxyl groups excluding tert-OH is 1. The zero-order valence-electron chi connectivity index (χ0n) is 11.1. The van der Waals surface area contributed by atoms with Crippen molar-refractivity contribution < 1.29 is 9.50 Å². The molecule has 102 valence electrons. The Kier molecular flexibility index (Phi) is 4.27. The lowest BCUT2D eigenvalue weighted by molar-refractivity contribution is 0.261. The summed E-state index contributed by atoms with van der Waals surface area (Å²) in [6.07, 6.45) is 2.05. The van der Waals surface area contributed by atoms with Crippen LogP contribution in [0.2, 0.25) is 0 Å². The lowest BCUT2D eigenvalue weighted by Crippen LogP contribution is -2.14. The van der Waals surface area contributed by atoms with Gasteiger partial charge in [0.2, 0.25) is 0 Å². The first-order valence-corrected chi connectivity index (χ1v) is 6.36. The Hall–Kier alpha value is -1.75. The van der Waals surface area contributed by atoms with Crippen LogP contribution in [0.4, 0.5) is 4.39 Å². The van der Waals surface area contributed by atoms with Gasteiger partial charge in [-0.1, -0.05) is 12.1 Å². The predicted octanol–water partition coefficient (Wildman–Crippen LogP) is 2.32. The maximum absolute atomic E-state index is 13.2. The van der Waals surface area contributed by atoms with Gasteiger partial charge in [0.15, 0.2) is 0 Å². The Labute approximate surface area is 111 Å². The maximum atomic E-state index is 13.2. The predicted molar refractivity (Wildman–Crippen MR) is 70.3 cm³/mol. The first-order chi connectivity index (χ1) is 9.11. The molecule has 0 saturated carbocycles. The van der Waals surface area contributed by atoms with Crippen molar-refractivity contribution in [3.8, 4) is 0 Å². The quantitative estimate of drug-likeness (QED) is 0.900. The minimum Gasteiger partial charge on any atom is -0.396 e. The third-order valence-corrected chi connectivity index (χ3v) is 3.11. The number of aliphatic hydroxyl groups is 1. The van der Waals surface area contributed by atoms with Gasteiger partial charge in [0.1, 0.15) is 18.0 Å². The number of hydrogen-bond donors (Lipinski definition) is 1. The summed E-state index contributed by atoms with van der Waals surface area (Å²) in [4.78, 5) is 4.22. The van der Waals surface area contributed by atoms with E-state index in [9.17, 15) is 9.50 Å². The highest BCUT2D eigenvalue weighted by Crippen LogP contribution is 2.21. The molecule has 1 aromatic heterocycles. The van der Waals surface area contributed by atoms with Gasteiger partial charge in [-0.05, 0) is 31.5 Å². The van der Waals surface area contributed by atoms with Gasteiger partial charge in [0, 0.05) is 18.4 Å². The number of nitrogens with zero attached hydrogens (tertiary/aromatic N) is 3. The summed E-state index contributed by atoms with van der Waals surface area (Å²) in [5, 5.41) is 13.7. The van der Waals surface area contributed by atoms with Gasteiger partial charge >= 0.3 is 0 Å². The third-order valence-electron chi connectivity index (χ3n) is 3.11. The van der Waals surface area contributed by atoms with E-state index in [1.807, 2.05) is 24.6 Å². The van der Waals surface area contributed by atoms with Crippen LogP contribution in [0.1, 0.15) is 37.2 Å². The normalized spacial score (nSPS) is 12.9. The Morgan fingerprint density at radius 2 is 2.16 bits per heavy atom. The fourth-order valence-corrected chi connectivity index (χ4v) is 2.12. The molecule has 2 aromatic rings. The molecule has 0 bridgehead atoms. The van der Waals surface area contributed by atoms with Crippen LogP contribution in [0.3, 0.4) is 0 Å². The average molecular weight is 263 g/mol. The molecule has 0 aliphatic rings. The van der Waals surface area contributed by atoms with Gasteiger partial charge in [-0.25, -0.2) is 14.1 Å². The Bertz CT molecular complexity index is 539. The molecule has 0 aliphatic heterocycles. The van der Waals surface area contributed by atoms with Crippen molar-refractivity contribution in [2.45, 2.75) is 32.2 Å². The summed E-state index contributed by atoms with van der Waals surface area (Å²) in [6.45, 7) is 4.00. The van der Waals surface area contributed by atoms with Crippen molar-refractivity contribution in [2.75, 3.05) is 6.61 Å². The zero-order valence-corrected chi connectivity index (χ0v) is 11.1. The van der Waals surface area contributed by atoms with Crippen LogP contribution in [-0.4, -0.2) is 26.5 Å². The van der Waals surface area contributed by atoms with Gasteiger partial charge in [-0.3, -0.25) is 0 Å².